The molecule has 0 atom stereocenters. The van der Waals surface area contributed by atoms with Crippen molar-refractivity contribution in [3.63, 3.8) is 0 Å². The molecule has 31 heavy (non-hydrogen) atoms. The summed E-state index contributed by atoms with van der Waals surface area (Å²) in [5.74, 6) is -0.574. The minimum Gasteiger partial charge on any atom is -0.352 e. The van der Waals surface area contributed by atoms with Gasteiger partial charge in [0.15, 0.2) is 0 Å². The molecule has 1 saturated carbocycles. The number of carbonyl (C=O) groups is 1. The van der Waals surface area contributed by atoms with Gasteiger partial charge in [0.2, 0.25) is 5.91 Å². The molecule has 0 aromatic heterocycles. The van der Waals surface area contributed by atoms with Crippen LogP contribution in [-0.4, -0.2) is 26.9 Å². The van der Waals surface area contributed by atoms with Crippen LogP contribution in [0.1, 0.15) is 37.7 Å². The fraction of sp³-hybridized carbons (Fsp3) is 0.381. The van der Waals surface area contributed by atoms with Crippen LogP contribution in [0.15, 0.2) is 53.4 Å². The molecule has 2 aromatic carbocycles. The number of hydrogen-bond acceptors (Lipinski definition) is 3. The van der Waals surface area contributed by atoms with Gasteiger partial charge in [-0.1, -0.05) is 49.1 Å². The first-order chi connectivity index (χ1) is 14.6. The Balaban J connectivity index is 1.98. The first-order valence-electron chi connectivity index (χ1n) is 9.83. The summed E-state index contributed by atoms with van der Waals surface area (Å²) in [6.07, 6.45) is -0.204. The van der Waals surface area contributed by atoms with Crippen molar-refractivity contribution < 1.29 is 26.4 Å². The van der Waals surface area contributed by atoms with Gasteiger partial charge in [0.1, 0.15) is 6.54 Å². The first kappa shape index (κ1) is 23.4. The maximum atomic E-state index is 13.4. The van der Waals surface area contributed by atoms with Gasteiger partial charge >= 0.3 is 6.18 Å². The number of hydrogen-bond donors (Lipinski definition) is 1. The second-order valence-corrected chi connectivity index (χ2v) is 9.66. The highest BCUT2D eigenvalue weighted by molar-refractivity contribution is 7.92. The molecule has 1 aliphatic rings. The van der Waals surface area contributed by atoms with Crippen LogP contribution in [0, 0.1) is 0 Å². The van der Waals surface area contributed by atoms with Crippen LogP contribution in [0.25, 0.3) is 0 Å². The molecule has 0 unspecified atom stereocenters. The van der Waals surface area contributed by atoms with Crippen LogP contribution < -0.4 is 9.62 Å². The number of nitrogens with zero attached hydrogens (tertiary/aromatic N) is 1. The number of halogens is 4. The molecule has 1 N–H and O–H groups in total. The zero-order chi connectivity index (χ0) is 22.6. The van der Waals surface area contributed by atoms with Gasteiger partial charge in [-0.25, -0.2) is 8.42 Å². The van der Waals surface area contributed by atoms with E-state index in [9.17, 15) is 26.4 Å². The standard InChI is InChI=1S/C21H22ClF3N2O3S/c22-19-12-11-16(13-18(19)21(23,24)25)27(31(29,30)17-9-5-2-6-10-17)14-20(28)26-15-7-3-1-4-8-15/h2,5-6,9-13,15H,1,3-4,7-8,14H2,(H,26,28). The van der Waals surface area contributed by atoms with Gasteiger partial charge in [0, 0.05) is 6.04 Å². The summed E-state index contributed by atoms with van der Waals surface area (Å²) in [6, 6.07) is 9.97. The van der Waals surface area contributed by atoms with Crippen molar-refractivity contribution in [3.05, 3.63) is 59.1 Å². The molecule has 0 radical (unpaired) electrons. The Labute approximate surface area is 184 Å². The largest absolute Gasteiger partial charge is 0.417 e. The van der Waals surface area contributed by atoms with Crippen LogP contribution in [0.4, 0.5) is 18.9 Å². The third-order valence-corrected chi connectivity index (χ3v) is 7.25. The summed E-state index contributed by atoms with van der Waals surface area (Å²) in [7, 11) is -4.30. The summed E-state index contributed by atoms with van der Waals surface area (Å²) >= 11 is 5.68. The van der Waals surface area contributed by atoms with Crippen LogP contribution in [0.3, 0.4) is 0 Å². The minimum absolute atomic E-state index is 0.0708. The molecule has 0 spiro atoms. The second kappa shape index (κ2) is 9.48. The van der Waals surface area contributed by atoms with E-state index < -0.39 is 39.2 Å². The molecule has 1 amide bonds. The number of rotatable bonds is 6. The summed E-state index contributed by atoms with van der Waals surface area (Å²) < 4.78 is 67.2. The third kappa shape index (κ3) is 5.71. The van der Waals surface area contributed by atoms with Gasteiger partial charge < -0.3 is 5.32 Å². The van der Waals surface area contributed by atoms with Gasteiger partial charge in [-0.3, -0.25) is 9.10 Å². The fourth-order valence-corrected chi connectivity index (χ4v) is 5.23. The van der Waals surface area contributed by atoms with Crippen molar-refractivity contribution in [3.8, 4) is 0 Å². The van der Waals surface area contributed by atoms with Gasteiger partial charge in [0.05, 0.1) is 21.2 Å². The summed E-state index contributed by atoms with van der Waals surface area (Å²) in [4.78, 5) is 12.5. The van der Waals surface area contributed by atoms with Crippen molar-refractivity contribution in [1.82, 2.24) is 5.32 Å². The molecular formula is C21H22ClF3N2O3S. The Morgan fingerprint density at radius 3 is 2.32 bits per heavy atom. The van der Waals surface area contributed by atoms with E-state index in [1.54, 1.807) is 6.07 Å². The fourth-order valence-electron chi connectivity index (χ4n) is 3.57. The van der Waals surface area contributed by atoms with Gasteiger partial charge in [-0.05, 0) is 43.2 Å². The molecule has 3 rings (SSSR count). The predicted molar refractivity (Wildman–Crippen MR) is 112 cm³/mol. The van der Waals surface area contributed by atoms with Crippen LogP contribution >= 0.6 is 11.6 Å². The van der Waals surface area contributed by atoms with E-state index in [0.717, 1.165) is 44.2 Å². The first-order valence-corrected chi connectivity index (χ1v) is 11.6. The Morgan fingerprint density at radius 2 is 1.71 bits per heavy atom. The Morgan fingerprint density at radius 1 is 1.06 bits per heavy atom. The van der Waals surface area contributed by atoms with Crippen molar-refractivity contribution in [2.24, 2.45) is 0 Å². The molecule has 10 heteroatoms. The lowest BCUT2D eigenvalue weighted by molar-refractivity contribution is -0.137. The second-order valence-electron chi connectivity index (χ2n) is 7.39. The smallest absolute Gasteiger partial charge is 0.352 e. The molecule has 0 bridgehead atoms. The summed E-state index contributed by atoms with van der Waals surface area (Å²) in [6.45, 7) is -0.646. The number of alkyl halides is 3. The van der Waals surface area contributed by atoms with E-state index >= 15 is 0 Å². The van der Waals surface area contributed by atoms with Gasteiger partial charge in [-0.15, -0.1) is 0 Å². The molecule has 5 nitrogen and oxygen atoms in total. The average molecular weight is 475 g/mol. The number of carbonyl (C=O) groups excluding carboxylic acids is 1. The maximum Gasteiger partial charge on any atom is 0.417 e. The molecule has 168 valence electrons. The van der Waals surface area contributed by atoms with Crippen molar-refractivity contribution >= 4 is 33.2 Å². The Kier molecular flexibility index (Phi) is 7.16. The monoisotopic (exact) mass is 474 g/mol. The number of nitrogens with one attached hydrogen (secondary N) is 1. The Hall–Kier alpha value is -2.26. The molecule has 0 saturated heterocycles. The molecular weight excluding hydrogens is 453 g/mol. The zero-order valence-electron chi connectivity index (χ0n) is 16.5. The summed E-state index contributed by atoms with van der Waals surface area (Å²) in [5, 5.41) is 2.25. The third-order valence-electron chi connectivity index (χ3n) is 5.13. The number of sulfonamides is 1. The Bertz CT molecular complexity index is 1020. The van der Waals surface area contributed by atoms with Crippen molar-refractivity contribution in [1.29, 1.82) is 0 Å². The van der Waals surface area contributed by atoms with E-state index in [0.29, 0.717) is 10.4 Å². The highest BCUT2D eigenvalue weighted by Gasteiger charge is 2.35. The lowest BCUT2D eigenvalue weighted by Crippen LogP contribution is -2.45. The number of benzene rings is 2. The highest BCUT2D eigenvalue weighted by Crippen LogP contribution is 2.38. The van der Waals surface area contributed by atoms with Crippen LogP contribution in [0.2, 0.25) is 5.02 Å². The normalized spacial score (nSPS) is 15.5. The van der Waals surface area contributed by atoms with E-state index in [1.165, 1.54) is 24.3 Å². The summed E-state index contributed by atoms with van der Waals surface area (Å²) in [5.41, 5.74) is -1.47. The van der Waals surface area contributed by atoms with E-state index in [2.05, 4.69) is 5.32 Å². The van der Waals surface area contributed by atoms with Crippen LogP contribution in [-0.2, 0) is 21.0 Å². The number of anilines is 1. The average Bonchev–Trinajstić information content (AvgIpc) is 2.73. The zero-order valence-corrected chi connectivity index (χ0v) is 18.1. The highest BCUT2D eigenvalue weighted by atomic mass is 35.5. The lowest BCUT2D eigenvalue weighted by Gasteiger charge is -2.27. The predicted octanol–water partition coefficient (Wildman–Crippen LogP) is 5.00. The quantitative estimate of drug-likeness (QED) is 0.640. The minimum atomic E-state index is -4.78. The lowest BCUT2D eigenvalue weighted by atomic mass is 9.95. The van der Waals surface area contributed by atoms with Crippen molar-refractivity contribution in [2.75, 3.05) is 10.8 Å². The van der Waals surface area contributed by atoms with Crippen LogP contribution in [0.5, 0.6) is 0 Å². The van der Waals surface area contributed by atoms with E-state index in [4.69, 9.17) is 11.6 Å². The topological polar surface area (TPSA) is 66.5 Å². The van der Waals surface area contributed by atoms with E-state index in [1.807, 2.05) is 0 Å². The SMILES string of the molecule is O=C(CN(c1ccc(Cl)c(C(F)(F)F)c1)S(=O)(=O)c1ccccc1)NC1CCCCC1. The molecule has 1 fully saturated rings. The number of amides is 1. The molecule has 0 heterocycles. The molecule has 1 aliphatic carbocycles. The molecule has 2 aromatic rings. The van der Waals surface area contributed by atoms with Gasteiger partial charge in [-0.2, -0.15) is 13.2 Å². The maximum absolute atomic E-state index is 13.4. The van der Waals surface area contributed by atoms with Crippen molar-refractivity contribution in [2.45, 2.75) is 49.2 Å². The molecule has 0 aliphatic heterocycles. The van der Waals surface area contributed by atoms with E-state index in [-0.39, 0.29) is 16.6 Å². The van der Waals surface area contributed by atoms with Gasteiger partial charge in [0.25, 0.3) is 10.0 Å².